The first-order valence-corrected chi connectivity index (χ1v) is 10.2. The lowest BCUT2D eigenvalue weighted by molar-refractivity contribution is -0.158. The second-order valence-corrected chi connectivity index (χ2v) is 7.62. The molecule has 1 fully saturated rings. The molecule has 2 amide bonds. The molecule has 0 aliphatic heterocycles. The van der Waals surface area contributed by atoms with E-state index in [4.69, 9.17) is 4.74 Å². The van der Waals surface area contributed by atoms with Gasteiger partial charge in [0.25, 0.3) is 11.8 Å². The highest BCUT2D eigenvalue weighted by molar-refractivity contribution is 5.99. The van der Waals surface area contributed by atoms with E-state index in [1.54, 1.807) is 31.0 Å². The molecular formula is C23H28N2O4. The lowest BCUT2D eigenvalue weighted by Gasteiger charge is -2.32. The average Bonchev–Trinajstić information content (AvgIpc) is 2.76. The molecule has 2 aromatic rings. The Bertz CT molecular complexity index is 889. The Hall–Kier alpha value is -2.89. The van der Waals surface area contributed by atoms with Gasteiger partial charge in [-0.05, 0) is 42.7 Å². The predicted octanol–water partition coefficient (Wildman–Crippen LogP) is 3.29. The maximum atomic E-state index is 12.5. The predicted molar refractivity (Wildman–Crippen MR) is 111 cm³/mol. The van der Waals surface area contributed by atoms with E-state index < -0.39 is 12.1 Å². The lowest BCUT2D eigenvalue weighted by atomic mass is 9.94. The van der Waals surface area contributed by atoms with Crippen LogP contribution in [0.15, 0.2) is 42.5 Å². The van der Waals surface area contributed by atoms with E-state index in [9.17, 15) is 14.4 Å². The summed E-state index contributed by atoms with van der Waals surface area (Å²) in [4.78, 5) is 38.7. The van der Waals surface area contributed by atoms with Gasteiger partial charge in [0.1, 0.15) is 6.54 Å². The van der Waals surface area contributed by atoms with Crippen molar-refractivity contribution < 1.29 is 19.1 Å². The minimum absolute atomic E-state index is 0.203. The Morgan fingerprint density at radius 2 is 1.76 bits per heavy atom. The molecule has 1 aliphatic rings. The van der Waals surface area contributed by atoms with Crippen LogP contribution in [0.4, 0.5) is 0 Å². The zero-order valence-corrected chi connectivity index (χ0v) is 17.0. The molecule has 0 bridgehead atoms. The van der Waals surface area contributed by atoms with Gasteiger partial charge in [-0.15, -0.1) is 0 Å². The first-order valence-electron chi connectivity index (χ1n) is 10.2. The second kappa shape index (κ2) is 9.54. The van der Waals surface area contributed by atoms with Crippen LogP contribution in [0.2, 0.25) is 0 Å². The van der Waals surface area contributed by atoms with Crippen molar-refractivity contribution in [2.75, 3.05) is 13.6 Å². The van der Waals surface area contributed by atoms with E-state index in [0.717, 1.165) is 36.5 Å². The number of rotatable bonds is 6. The topological polar surface area (TPSA) is 75.7 Å². The summed E-state index contributed by atoms with van der Waals surface area (Å²) in [6.07, 6.45) is 4.57. The third-order valence-electron chi connectivity index (χ3n) is 5.53. The van der Waals surface area contributed by atoms with Gasteiger partial charge in [0.15, 0.2) is 6.10 Å². The van der Waals surface area contributed by atoms with Gasteiger partial charge in [-0.3, -0.25) is 14.4 Å². The van der Waals surface area contributed by atoms with Gasteiger partial charge < -0.3 is 15.0 Å². The molecule has 6 heteroatoms. The number of likely N-dealkylation sites (N-methyl/N-ethyl adjacent to an activating group) is 1. The van der Waals surface area contributed by atoms with E-state index in [1.807, 2.05) is 30.3 Å². The van der Waals surface area contributed by atoms with Crippen molar-refractivity contribution in [1.82, 2.24) is 10.2 Å². The maximum absolute atomic E-state index is 12.5. The van der Waals surface area contributed by atoms with Crippen LogP contribution in [0, 0.1) is 0 Å². The van der Waals surface area contributed by atoms with Crippen LogP contribution >= 0.6 is 0 Å². The minimum Gasteiger partial charge on any atom is -0.451 e. The molecule has 1 atom stereocenters. The Labute approximate surface area is 171 Å². The lowest BCUT2D eigenvalue weighted by Crippen LogP contribution is -2.45. The van der Waals surface area contributed by atoms with Gasteiger partial charge in [0.05, 0.1) is 0 Å². The van der Waals surface area contributed by atoms with E-state index in [0.29, 0.717) is 5.56 Å². The average molecular weight is 396 g/mol. The normalized spacial score (nSPS) is 15.5. The number of nitrogens with one attached hydrogen (secondary N) is 1. The van der Waals surface area contributed by atoms with Gasteiger partial charge in [-0.25, -0.2) is 0 Å². The molecule has 2 aromatic carbocycles. The van der Waals surface area contributed by atoms with E-state index in [-0.39, 0.29) is 24.4 Å². The fourth-order valence-electron chi connectivity index (χ4n) is 3.81. The Kier molecular flexibility index (Phi) is 6.86. The summed E-state index contributed by atoms with van der Waals surface area (Å²) >= 11 is 0. The van der Waals surface area contributed by atoms with E-state index >= 15 is 0 Å². The molecule has 0 unspecified atom stereocenters. The van der Waals surface area contributed by atoms with Crippen LogP contribution in [0.1, 0.15) is 49.4 Å². The van der Waals surface area contributed by atoms with E-state index in [2.05, 4.69) is 5.32 Å². The molecule has 154 valence electrons. The molecule has 1 aliphatic carbocycles. The Morgan fingerprint density at radius 3 is 2.48 bits per heavy atom. The molecule has 1 N–H and O–H groups in total. The molecule has 0 radical (unpaired) electrons. The first-order chi connectivity index (χ1) is 14.0. The fourth-order valence-corrected chi connectivity index (χ4v) is 3.81. The largest absolute Gasteiger partial charge is 0.451 e. The van der Waals surface area contributed by atoms with Gasteiger partial charge >= 0.3 is 5.97 Å². The summed E-state index contributed by atoms with van der Waals surface area (Å²) in [7, 11) is 1.77. The van der Waals surface area contributed by atoms with Gasteiger partial charge in [0.2, 0.25) is 0 Å². The molecular weight excluding hydrogens is 368 g/mol. The summed E-state index contributed by atoms with van der Waals surface area (Å²) in [6, 6.07) is 13.3. The van der Waals surface area contributed by atoms with Gasteiger partial charge in [-0.1, -0.05) is 49.6 Å². The number of fused-ring (bicyclic) bond motifs is 1. The number of hydrogen-bond acceptors (Lipinski definition) is 4. The zero-order chi connectivity index (χ0) is 20.8. The minimum atomic E-state index is -0.869. The third-order valence-corrected chi connectivity index (χ3v) is 5.53. The number of carbonyl (C=O) groups is 3. The molecule has 0 heterocycles. The van der Waals surface area contributed by atoms with Crippen LogP contribution in [-0.2, 0) is 14.3 Å². The SMILES string of the molecule is C[C@H](OC(=O)CNC(=O)c1ccc2ccccc2c1)C(=O)N(C)C1CCCCC1. The molecule has 1 saturated carbocycles. The number of benzene rings is 2. The number of esters is 1. The highest BCUT2D eigenvalue weighted by atomic mass is 16.5. The van der Waals surface area contributed by atoms with Crippen molar-refractivity contribution in [1.29, 1.82) is 0 Å². The van der Waals surface area contributed by atoms with Crippen LogP contribution in [0.5, 0.6) is 0 Å². The van der Waals surface area contributed by atoms with Crippen molar-refractivity contribution in [3.05, 3.63) is 48.0 Å². The quantitative estimate of drug-likeness (QED) is 0.760. The first kappa shape index (κ1) is 20.8. The smallest absolute Gasteiger partial charge is 0.326 e. The molecule has 3 rings (SSSR count). The summed E-state index contributed by atoms with van der Waals surface area (Å²) in [5.74, 6) is -1.19. The molecule has 0 aromatic heterocycles. The molecule has 0 saturated heterocycles. The molecule has 29 heavy (non-hydrogen) atoms. The zero-order valence-electron chi connectivity index (χ0n) is 17.0. The van der Waals surface area contributed by atoms with Crippen LogP contribution < -0.4 is 5.32 Å². The van der Waals surface area contributed by atoms with Crippen LogP contribution in [0.3, 0.4) is 0 Å². The second-order valence-electron chi connectivity index (χ2n) is 7.62. The highest BCUT2D eigenvalue weighted by Gasteiger charge is 2.27. The van der Waals surface area contributed by atoms with Crippen LogP contribution in [0.25, 0.3) is 10.8 Å². The van der Waals surface area contributed by atoms with Crippen molar-refractivity contribution in [2.24, 2.45) is 0 Å². The summed E-state index contributed by atoms with van der Waals surface area (Å²) in [6.45, 7) is 1.29. The Morgan fingerprint density at radius 1 is 1.07 bits per heavy atom. The van der Waals surface area contributed by atoms with Crippen molar-refractivity contribution in [2.45, 2.75) is 51.2 Å². The number of nitrogens with zero attached hydrogens (tertiary/aromatic N) is 1. The van der Waals surface area contributed by atoms with Gasteiger partial charge in [-0.2, -0.15) is 0 Å². The maximum Gasteiger partial charge on any atom is 0.326 e. The van der Waals surface area contributed by atoms with Crippen molar-refractivity contribution in [3.8, 4) is 0 Å². The number of ether oxygens (including phenoxy) is 1. The van der Waals surface area contributed by atoms with Gasteiger partial charge in [0, 0.05) is 18.7 Å². The van der Waals surface area contributed by atoms with E-state index in [1.165, 1.54) is 6.42 Å². The molecule has 6 nitrogen and oxygen atoms in total. The Balaban J connectivity index is 1.49. The fraction of sp³-hybridized carbons (Fsp3) is 0.435. The monoisotopic (exact) mass is 396 g/mol. The van der Waals surface area contributed by atoms with Crippen molar-refractivity contribution in [3.63, 3.8) is 0 Å². The van der Waals surface area contributed by atoms with Crippen LogP contribution in [-0.4, -0.2) is 48.4 Å². The summed E-state index contributed by atoms with van der Waals surface area (Å²) in [5, 5.41) is 4.55. The third kappa shape index (κ3) is 5.34. The van der Waals surface area contributed by atoms with Crippen molar-refractivity contribution >= 4 is 28.6 Å². The standard InChI is InChI=1S/C23H28N2O4/c1-16(23(28)25(2)20-10-4-3-5-11-20)29-21(26)15-24-22(27)19-13-12-17-8-6-7-9-18(17)14-19/h6-9,12-14,16,20H,3-5,10-11,15H2,1-2H3,(H,24,27)/t16-/m0/s1. The highest BCUT2D eigenvalue weighted by Crippen LogP contribution is 2.22. The summed E-state index contributed by atoms with van der Waals surface area (Å²) in [5.41, 5.74) is 0.470. The molecule has 0 spiro atoms. The number of carbonyl (C=O) groups excluding carboxylic acids is 3. The summed E-state index contributed by atoms with van der Waals surface area (Å²) < 4.78 is 5.24. The number of hydrogen-bond donors (Lipinski definition) is 1. The number of amides is 2.